The smallest absolute Gasteiger partial charge is 0.187 e. The van der Waals surface area contributed by atoms with Crippen LogP contribution >= 0.6 is 0 Å². The van der Waals surface area contributed by atoms with Crippen LogP contribution in [0.3, 0.4) is 0 Å². The van der Waals surface area contributed by atoms with Crippen molar-refractivity contribution in [1.29, 1.82) is 0 Å². The molecule has 0 aromatic rings. The number of aliphatic hydroxyl groups is 20. The Kier molecular flexibility index (Phi) is 19.4. The topological polar surface area (TPSA) is 506 Å². The molecule has 0 radical (unpaired) electrons. The molecule has 392 valence electrons. The summed E-state index contributed by atoms with van der Waals surface area (Å²) in [5, 5.41) is 210. The highest BCUT2D eigenvalue weighted by molar-refractivity contribution is 4.99. The van der Waals surface area contributed by atoms with Crippen LogP contribution in [-0.4, -0.2) is 326 Å². The molecule has 30 atom stereocenters. The summed E-state index contributed by atoms with van der Waals surface area (Å²) in [5.41, 5.74) is 0. The molecule has 31 nitrogen and oxygen atoms in total. The normalized spacial score (nSPS) is 53.4. The van der Waals surface area contributed by atoms with Crippen LogP contribution in [0.25, 0.3) is 0 Å². The van der Waals surface area contributed by atoms with E-state index in [2.05, 4.69) is 0 Å². The maximum atomic E-state index is 11.5. The lowest BCUT2D eigenvalue weighted by Crippen LogP contribution is -2.68. The van der Waals surface area contributed by atoms with Crippen molar-refractivity contribution in [2.45, 2.75) is 184 Å². The summed E-state index contributed by atoms with van der Waals surface area (Å²) >= 11 is 0. The fourth-order valence-corrected chi connectivity index (χ4v) is 8.38. The monoisotopic (exact) mass is 990 g/mol. The van der Waals surface area contributed by atoms with Gasteiger partial charge in [0.25, 0.3) is 0 Å². The van der Waals surface area contributed by atoms with Crippen molar-refractivity contribution in [2.75, 3.05) is 39.6 Å². The lowest BCUT2D eigenvalue weighted by atomic mass is 9.95. The van der Waals surface area contributed by atoms with E-state index in [1.807, 2.05) is 0 Å². The summed E-state index contributed by atoms with van der Waals surface area (Å²) < 4.78 is 60.9. The van der Waals surface area contributed by atoms with Gasteiger partial charge in [0.2, 0.25) is 0 Å². The highest BCUT2D eigenvalue weighted by atomic mass is 16.8. The van der Waals surface area contributed by atoms with Gasteiger partial charge in [-0.3, -0.25) is 0 Å². The Morgan fingerprint density at radius 3 is 1.10 bits per heavy atom. The molecule has 6 aliphatic heterocycles. The second-order valence-electron chi connectivity index (χ2n) is 16.8. The van der Waals surface area contributed by atoms with Crippen LogP contribution in [-0.2, 0) is 52.1 Å². The van der Waals surface area contributed by atoms with Gasteiger partial charge >= 0.3 is 0 Å². The molecule has 20 N–H and O–H groups in total. The standard InChI is InChI=1S/C36H62O31/c37-1-7-13(42)18(47)22(51)33(59-7)64-27-11(5-41)62-32(24(53)21(27)50)57-6-12-15(44)20(49)30(67-34-23(52)19(48)14(43)8(2-38)60-34)36(63-12)66-29-17(46)10(4-40)61-35(26(29)55)65-28-16(45)9(3-39)58-31(56)25(28)54/h7-56H,1-6H2/t7-,8-,9-,10-,11-,12-,13+,14+,15-,16+,17-,18+,19+,20+,21-,22-,23-,24-,25-,26+,27+,28+,29+,30-,31?,32-,33+,34-,35+,36-/m1/s1. The molecule has 31 heteroatoms. The molecule has 67 heavy (non-hydrogen) atoms. The summed E-state index contributed by atoms with van der Waals surface area (Å²) in [5.74, 6) is 0. The molecular weight excluding hydrogens is 928 g/mol. The maximum Gasteiger partial charge on any atom is 0.187 e. The van der Waals surface area contributed by atoms with Gasteiger partial charge in [-0.25, -0.2) is 0 Å². The van der Waals surface area contributed by atoms with Gasteiger partial charge in [-0.05, 0) is 0 Å². The predicted molar refractivity (Wildman–Crippen MR) is 199 cm³/mol. The van der Waals surface area contributed by atoms with Crippen molar-refractivity contribution in [2.24, 2.45) is 0 Å². The zero-order valence-electron chi connectivity index (χ0n) is 35.0. The van der Waals surface area contributed by atoms with Crippen molar-refractivity contribution in [3.8, 4) is 0 Å². The van der Waals surface area contributed by atoms with Gasteiger partial charge < -0.3 is 154 Å². The van der Waals surface area contributed by atoms with Crippen LogP contribution in [0.4, 0.5) is 0 Å². The van der Waals surface area contributed by atoms with Crippen LogP contribution in [0.5, 0.6) is 0 Å². The van der Waals surface area contributed by atoms with E-state index in [-0.39, 0.29) is 0 Å². The lowest BCUT2D eigenvalue weighted by Gasteiger charge is -2.49. The second-order valence-corrected chi connectivity index (χ2v) is 16.8. The molecule has 0 aromatic carbocycles. The van der Waals surface area contributed by atoms with Gasteiger partial charge in [0.1, 0.15) is 146 Å². The Hall–Kier alpha value is -1.24. The number of hydrogen-bond donors (Lipinski definition) is 20. The van der Waals surface area contributed by atoms with E-state index in [1.54, 1.807) is 0 Å². The first-order valence-corrected chi connectivity index (χ1v) is 21.1. The van der Waals surface area contributed by atoms with Crippen molar-refractivity contribution in [3.05, 3.63) is 0 Å². The summed E-state index contributed by atoms with van der Waals surface area (Å²) in [6, 6.07) is 0. The van der Waals surface area contributed by atoms with Crippen LogP contribution in [0, 0.1) is 0 Å². The van der Waals surface area contributed by atoms with Crippen molar-refractivity contribution < 1.29 is 154 Å². The molecule has 0 bridgehead atoms. The van der Waals surface area contributed by atoms with Gasteiger partial charge in [0, 0.05) is 0 Å². The van der Waals surface area contributed by atoms with E-state index in [4.69, 9.17) is 52.1 Å². The van der Waals surface area contributed by atoms with Crippen LogP contribution in [0.2, 0.25) is 0 Å². The largest absolute Gasteiger partial charge is 0.394 e. The molecule has 0 saturated carbocycles. The summed E-state index contributed by atoms with van der Waals surface area (Å²) in [6.07, 6.45) is -58.1. The summed E-state index contributed by atoms with van der Waals surface area (Å²) in [6.45, 7) is -5.59. The number of aliphatic hydroxyl groups excluding tert-OH is 20. The molecule has 0 amide bonds. The quantitative estimate of drug-likeness (QED) is 0.0683. The lowest BCUT2D eigenvalue weighted by molar-refractivity contribution is -0.399. The van der Waals surface area contributed by atoms with E-state index in [9.17, 15) is 102 Å². The average Bonchev–Trinajstić information content (AvgIpc) is 3.31. The van der Waals surface area contributed by atoms with Gasteiger partial charge in [-0.1, -0.05) is 0 Å². The van der Waals surface area contributed by atoms with E-state index in [0.717, 1.165) is 0 Å². The van der Waals surface area contributed by atoms with Gasteiger partial charge in [-0.15, -0.1) is 0 Å². The Morgan fingerprint density at radius 2 is 0.597 bits per heavy atom. The molecule has 6 heterocycles. The number of rotatable bonds is 16. The van der Waals surface area contributed by atoms with Gasteiger partial charge in [0.15, 0.2) is 37.7 Å². The molecule has 0 spiro atoms. The minimum Gasteiger partial charge on any atom is -0.394 e. The SMILES string of the molecule is OC[C@H]1O[C@@H](O[C@@H]2[C@H](O)[C@@H](O)[C@H](OC[C@H]3O[C@H](O[C@@H]4[C@H](O)[C@H](O[C@H]5[C@@H](O)[C@@H](CO)OC(O)[C@@H]5O)O[C@H](CO)[C@H]4O)[C@H](O[C@H]4O[C@H](CO)[C@H](O)[C@H](O)[C@H]4O)[C@@H](O)[C@@H]3O)O[C@@H]2CO)[C@H](O)[C@@H](O)[C@H]1O. The number of ether oxygens (including phenoxy) is 11. The first-order valence-electron chi connectivity index (χ1n) is 21.1. The van der Waals surface area contributed by atoms with Gasteiger partial charge in [-0.2, -0.15) is 0 Å². The highest BCUT2D eigenvalue weighted by Crippen LogP contribution is 2.36. The van der Waals surface area contributed by atoms with E-state index < -0.39 is 224 Å². The molecular formula is C36H62O31. The number of hydrogen-bond acceptors (Lipinski definition) is 31. The fourth-order valence-electron chi connectivity index (χ4n) is 8.38. The van der Waals surface area contributed by atoms with Crippen LogP contribution < -0.4 is 0 Å². The first-order chi connectivity index (χ1) is 31.7. The molecule has 6 saturated heterocycles. The molecule has 6 rings (SSSR count). The van der Waals surface area contributed by atoms with Gasteiger partial charge in [0.05, 0.1) is 39.6 Å². The molecule has 6 aliphatic rings. The van der Waals surface area contributed by atoms with E-state index in [1.165, 1.54) is 0 Å². The Labute approximate surface area is 378 Å². The highest BCUT2D eigenvalue weighted by Gasteiger charge is 2.57. The minimum atomic E-state index is -2.25. The summed E-state index contributed by atoms with van der Waals surface area (Å²) in [7, 11) is 0. The zero-order chi connectivity index (χ0) is 49.3. The minimum absolute atomic E-state index is 0.841. The third-order valence-corrected chi connectivity index (χ3v) is 12.4. The second kappa shape index (κ2) is 23.5. The van der Waals surface area contributed by atoms with Crippen molar-refractivity contribution in [3.63, 3.8) is 0 Å². The Bertz CT molecular complexity index is 1500. The van der Waals surface area contributed by atoms with Crippen molar-refractivity contribution in [1.82, 2.24) is 0 Å². The molecule has 0 aromatic heterocycles. The third-order valence-electron chi connectivity index (χ3n) is 12.4. The molecule has 0 aliphatic carbocycles. The van der Waals surface area contributed by atoms with E-state index >= 15 is 0 Å². The molecule has 1 unspecified atom stereocenters. The Morgan fingerprint density at radius 1 is 0.254 bits per heavy atom. The predicted octanol–water partition coefficient (Wildman–Crippen LogP) is -14.1. The van der Waals surface area contributed by atoms with Crippen molar-refractivity contribution >= 4 is 0 Å². The Balaban J connectivity index is 1.22. The van der Waals surface area contributed by atoms with E-state index in [0.29, 0.717) is 0 Å². The zero-order valence-corrected chi connectivity index (χ0v) is 35.0. The first kappa shape index (κ1) is 55.1. The third kappa shape index (κ3) is 11.4. The maximum absolute atomic E-state index is 11.5. The van der Waals surface area contributed by atoms with Crippen LogP contribution in [0.15, 0.2) is 0 Å². The average molecular weight is 991 g/mol. The summed E-state index contributed by atoms with van der Waals surface area (Å²) in [4.78, 5) is 0. The fraction of sp³-hybridized carbons (Fsp3) is 1.00. The molecule has 6 fully saturated rings. The van der Waals surface area contributed by atoms with Crippen LogP contribution in [0.1, 0.15) is 0 Å².